The van der Waals surface area contributed by atoms with E-state index in [9.17, 15) is 34.5 Å². The van der Waals surface area contributed by atoms with E-state index in [0.717, 1.165) is 0 Å². The van der Waals surface area contributed by atoms with Gasteiger partial charge in [0.2, 0.25) is 0 Å². The predicted molar refractivity (Wildman–Crippen MR) is 205 cm³/mol. The number of ketones is 1. The van der Waals surface area contributed by atoms with Crippen LogP contribution in [0.4, 0.5) is 0 Å². The van der Waals surface area contributed by atoms with E-state index in [2.05, 4.69) is 5.32 Å². The number of rotatable bonds is 9. The summed E-state index contributed by atoms with van der Waals surface area (Å²) in [5, 5.41) is 39.8. The molecule has 4 aliphatic carbocycles. The number of hydrogen-bond acceptors (Lipinski definition) is 12. The van der Waals surface area contributed by atoms with Crippen molar-refractivity contribution in [1.82, 2.24) is 5.32 Å². The highest BCUT2D eigenvalue weighted by Gasteiger charge is 2.89. The molecule has 0 radical (unpaired) electrons. The number of hydrogen-bond donors (Lipinski definition) is 4. The summed E-state index contributed by atoms with van der Waals surface area (Å²) in [6.45, 7) is 7.55. The van der Waals surface area contributed by atoms with Gasteiger partial charge >= 0.3 is 17.9 Å². The molecule has 1 aliphatic heterocycles. The van der Waals surface area contributed by atoms with Crippen LogP contribution in [-0.4, -0.2) is 92.7 Å². The quantitative estimate of drug-likeness (QED) is 0.139. The lowest BCUT2D eigenvalue weighted by atomic mass is 9.30. The van der Waals surface area contributed by atoms with Crippen LogP contribution in [-0.2, 0) is 33.3 Å². The Labute approximate surface area is 335 Å². The second-order valence-corrected chi connectivity index (χ2v) is 16.8. The molecule has 0 aromatic heterocycles. The lowest BCUT2D eigenvalue weighted by molar-refractivity contribution is -0.375. The normalized spacial score (nSPS) is 36.6. The monoisotopic (exact) mass is 793 g/mol. The smallest absolute Gasteiger partial charge is 0.338 e. The van der Waals surface area contributed by atoms with E-state index >= 15 is 4.79 Å². The van der Waals surface area contributed by atoms with E-state index in [1.165, 1.54) is 19.1 Å². The summed E-state index contributed by atoms with van der Waals surface area (Å²) >= 11 is 0. The maximum absolute atomic E-state index is 15.1. The molecule has 1 heterocycles. The molecule has 5 aliphatic rings. The predicted octanol–water partition coefficient (Wildman–Crippen LogP) is 3.80. The Kier molecular flexibility index (Phi) is 9.35. The van der Waals surface area contributed by atoms with Crippen molar-refractivity contribution >= 4 is 29.6 Å². The molecule has 12 atom stereocenters. The summed E-state index contributed by atoms with van der Waals surface area (Å²) in [6, 6.07) is 23.6. The molecule has 0 bridgehead atoms. The van der Waals surface area contributed by atoms with Crippen LogP contribution < -0.4 is 5.32 Å². The Morgan fingerprint density at radius 2 is 1.48 bits per heavy atom. The van der Waals surface area contributed by atoms with Crippen LogP contribution in [0.5, 0.6) is 0 Å². The first-order valence-corrected chi connectivity index (χ1v) is 19.5. The fourth-order valence-electron chi connectivity index (χ4n) is 11.2. The van der Waals surface area contributed by atoms with Crippen molar-refractivity contribution in [3.05, 3.63) is 119 Å². The number of Topliss-reactive ketones (excluding diaryl/α,β-unsaturated/α-hetero) is 1. The number of ether oxygens (including phenoxy) is 4. The highest BCUT2D eigenvalue weighted by molar-refractivity contribution is 5.95. The molecule has 1 amide bonds. The third-order valence-electron chi connectivity index (χ3n) is 14.1. The van der Waals surface area contributed by atoms with Crippen molar-refractivity contribution in [2.45, 2.75) is 94.7 Å². The Morgan fingerprint density at radius 1 is 0.897 bits per heavy atom. The summed E-state index contributed by atoms with van der Waals surface area (Å²) in [6.07, 6.45) is -6.22. The largest absolute Gasteiger partial charge is 0.455 e. The van der Waals surface area contributed by atoms with E-state index < -0.39 is 99.5 Å². The van der Waals surface area contributed by atoms with Gasteiger partial charge in [0.05, 0.1) is 41.1 Å². The number of amides is 1. The van der Waals surface area contributed by atoms with Crippen molar-refractivity contribution < 1.29 is 58.2 Å². The van der Waals surface area contributed by atoms with Gasteiger partial charge in [-0.25, -0.2) is 9.59 Å². The Hall–Kier alpha value is -5.21. The van der Waals surface area contributed by atoms with Crippen LogP contribution >= 0.6 is 0 Å². The van der Waals surface area contributed by atoms with Gasteiger partial charge in [0.25, 0.3) is 5.91 Å². The number of aliphatic hydroxyl groups is 3. The molecular formula is C45H47NO12. The molecule has 3 saturated carbocycles. The molecular weight excluding hydrogens is 746 g/mol. The number of esters is 3. The standard InChI is InChI=1S/C45H47NO12/c1-24-32-25(2)45(58-40(53)34(49)33(27-15-9-6-10-16-27)46-38(51)28-17-11-7-12-18-28)22-44(54,42(32,45)5)37(56-39(52)29-19-13-8-14-20-29)35-41(4,36(24)50)30(48)21-31-43(35,23-55-31)57-26(3)47/h6-20,24,30-31,33-35,37,48-49,54H,21-23H2,1-5H3,(H,46,51)/t24-,30+,31-,33+,34-,35+,37+,41-,42-,43+,44-,45?/m1/s1. The van der Waals surface area contributed by atoms with Crippen molar-refractivity contribution in [3.8, 4) is 0 Å². The van der Waals surface area contributed by atoms with E-state index in [0.29, 0.717) is 22.3 Å². The van der Waals surface area contributed by atoms with Crippen LogP contribution in [0.2, 0.25) is 0 Å². The third-order valence-corrected chi connectivity index (χ3v) is 14.1. The second-order valence-electron chi connectivity index (χ2n) is 16.8. The van der Waals surface area contributed by atoms with Crippen LogP contribution in [0, 0.1) is 22.7 Å². The van der Waals surface area contributed by atoms with Gasteiger partial charge in [-0.15, -0.1) is 0 Å². The van der Waals surface area contributed by atoms with E-state index in [1.807, 2.05) is 0 Å². The molecule has 4 fully saturated rings. The molecule has 1 unspecified atom stereocenters. The van der Waals surface area contributed by atoms with Gasteiger partial charge in [-0.2, -0.15) is 0 Å². The highest BCUT2D eigenvalue weighted by Crippen LogP contribution is 2.78. The number of carbonyl (C=O) groups excluding carboxylic acids is 5. The van der Waals surface area contributed by atoms with Crippen LogP contribution in [0.1, 0.15) is 79.8 Å². The average molecular weight is 794 g/mol. The fraction of sp³-hybridized carbons (Fsp3) is 0.444. The lowest BCUT2D eigenvalue weighted by Gasteiger charge is -2.78. The minimum atomic E-state index is -2.09. The minimum absolute atomic E-state index is 0.0609. The number of carbonyl (C=O) groups is 5. The fourth-order valence-corrected chi connectivity index (χ4v) is 11.2. The van der Waals surface area contributed by atoms with Gasteiger partial charge in [0.15, 0.2) is 11.7 Å². The number of fused-ring (bicyclic) bond motifs is 3. The average Bonchev–Trinajstić information content (AvgIpc) is 3.22. The first kappa shape index (κ1) is 39.6. The zero-order valence-electron chi connectivity index (χ0n) is 32.8. The van der Waals surface area contributed by atoms with E-state index in [4.69, 9.17) is 18.9 Å². The number of nitrogens with one attached hydrogen (secondary N) is 1. The molecule has 304 valence electrons. The van der Waals surface area contributed by atoms with Gasteiger partial charge in [0, 0.05) is 31.2 Å². The Morgan fingerprint density at radius 3 is 2.05 bits per heavy atom. The Bertz CT molecular complexity index is 2210. The van der Waals surface area contributed by atoms with Crippen LogP contribution in [0.15, 0.2) is 102 Å². The van der Waals surface area contributed by atoms with Gasteiger partial charge in [0.1, 0.15) is 29.2 Å². The van der Waals surface area contributed by atoms with Gasteiger partial charge in [-0.05, 0) is 61.7 Å². The van der Waals surface area contributed by atoms with E-state index in [-0.39, 0.29) is 25.0 Å². The number of benzene rings is 3. The van der Waals surface area contributed by atoms with Gasteiger partial charge in [-0.1, -0.05) is 73.7 Å². The lowest BCUT2D eigenvalue weighted by Crippen LogP contribution is -2.89. The van der Waals surface area contributed by atoms with Gasteiger partial charge in [-0.3, -0.25) is 14.4 Å². The van der Waals surface area contributed by atoms with Crippen molar-refractivity contribution in [1.29, 1.82) is 0 Å². The summed E-state index contributed by atoms with van der Waals surface area (Å²) in [5.74, 6) is -5.92. The Balaban J connectivity index is 1.22. The van der Waals surface area contributed by atoms with E-state index in [1.54, 1.807) is 107 Å². The maximum atomic E-state index is 15.1. The molecule has 4 N–H and O–H groups in total. The van der Waals surface area contributed by atoms with Crippen molar-refractivity contribution in [2.24, 2.45) is 22.7 Å². The summed E-state index contributed by atoms with van der Waals surface area (Å²) in [7, 11) is 0. The first-order valence-electron chi connectivity index (χ1n) is 19.5. The summed E-state index contributed by atoms with van der Waals surface area (Å²) in [5.41, 5.74) is -6.87. The number of aliphatic hydroxyl groups excluding tert-OH is 2. The molecule has 13 heteroatoms. The first-order chi connectivity index (χ1) is 27.5. The molecule has 58 heavy (non-hydrogen) atoms. The molecule has 0 spiro atoms. The molecule has 13 nitrogen and oxygen atoms in total. The molecule has 1 saturated heterocycles. The topological polar surface area (TPSA) is 195 Å². The maximum Gasteiger partial charge on any atom is 0.338 e. The zero-order valence-corrected chi connectivity index (χ0v) is 32.8. The van der Waals surface area contributed by atoms with Gasteiger partial charge < -0.3 is 39.6 Å². The highest BCUT2D eigenvalue weighted by atomic mass is 16.6. The van der Waals surface area contributed by atoms with Crippen molar-refractivity contribution in [3.63, 3.8) is 0 Å². The van der Waals surface area contributed by atoms with Crippen LogP contribution in [0.3, 0.4) is 0 Å². The van der Waals surface area contributed by atoms with Crippen LogP contribution in [0.25, 0.3) is 0 Å². The minimum Gasteiger partial charge on any atom is -0.455 e. The second kappa shape index (κ2) is 13.7. The van der Waals surface area contributed by atoms with Crippen molar-refractivity contribution in [2.75, 3.05) is 6.61 Å². The molecule has 8 rings (SSSR count). The molecule has 3 aromatic carbocycles. The third kappa shape index (κ3) is 5.26. The zero-order chi connectivity index (χ0) is 41.6. The SMILES string of the molecule is CC(=O)O[C@@]12CO[C@@H]1C[C@H](O)[C@@]1(C)C(=O)[C@H](C)C3=C(C)C4(OC(=O)[C@H](O)[C@@H](NC(=O)c5ccccc5)c5ccccc5)C[C@@](O)([C@@H](OC(=O)c5ccccc5)[C@H]21)[C@@]34C. The molecule has 3 aromatic rings. The summed E-state index contributed by atoms with van der Waals surface area (Å²) < 4.78 is 24.6. The summed E-state index contributed by atoms with van der Waals surface area (Å²) in [4.78, 5) is 69.7.